The van der Waals surface area contributed by atoms with Crippen molar-refractivity contribution in [1.29, 1.82) is 0 Å². The molecule has 1 heterocycles. The third kappa shape index (κ3) is 4.38. The van der Waals surface area contributed by atoms with Crippen LogP contribution in [-0.2, 0) is 14.8 Å². The van der Waals surface area contributed by atoms with Crippen molar-refractivity contribution in [1.82, 2.24) is 9.62 Å². The molecule has 0 radical (unpaired) electrons. The predicted molar refractivity (Wildman–Crippen MR) is 107 cm³/mol. The van der Waals surface area contributed by atoms with Gasteiger partial charge in [0.2, 0.25) is 15.9 Å². The van der Waals surface area contributed by atoms with Crippen LogP contribution in [0, 0.1) is 5.92 Å². The summed E-state index contributed by atoms with van der Waals surface area (Å²) in [5.74, 6) is 1.39. The molecule has 0 spiro atoms. The number of carbonyl (C=O) groups is 1. The average molecular weight is 416 g/mol. The van der Waals surface area contributed by atoms with Gasteiger partial charge in [0.05, 0.1) is 17.5 Å². The molecule has 8 heteroatoms. The van der Waals surface area contributed by atoms with Gasteiger partial charge in [0.1, 0.15) is 13.2 Å². The van der Waals surface area contributed by atoms with E-state index in [4.69, 9.17) is 9.47 Å². The van der Waals surface area contributed by atoms with Crippen LogP contribution in [0.4, 0.5) is 0 Å². The van der Waals surface area contributed by atoms with Gasteiger partial charge in [0.15, 0.2) is 11.5 Å². The lowest BCUT2D eigenvalue weighted by Gasteiger charge is -2.24. The van der Waals surface area contributed by atoms with E-state index in [0.29, 0.717) is 30.6 Å². The molecule has 2 aromatic rings. The maximum absolute atomic E-state index is 12.7. The van der Waals surface area contributed by atoms with Crippen LogP contribution in [-0.4, -0.2) is 45.4 Å². The van der Waals surface area contributed by atoms with Crippen LogP contribution < -0.4 is 14.8 Å². The fourth-order valence-electron chi connectivity index (χ4n) is 3.44. The first-order valence-electron chi connectivity index (χ1n) is 9.65. The normalized spacial score (nSPS) is 17.0. The minimum atomic E-state index is -3.72. The van der Waals surface area contributed by atoms with Crippen molar-refractivity contribution in [3.63, 3.8) is 0 Å². The molecule has 0 saturated heterocycles. The van der Waals surface area contributed by atoms with Crippen LogP contribution in [0.15, 0.2) is 53.4 Å². The maximum Gasteiger partial charge on any atom is 0.243 e. The number of amides is 1. The zero-order chi connectivity index (χ0) is 20.4. The van der Waals surface area contributed by atoms with E-state index < -0.39 is 10.0 Å². The summed E-state index contributed by atoms with van der Waals surface area (Å²) < 4.78 is 37.6. The van der Waals surface area contributed by atoms with Crippen molar-refractivity contribution in [2.45, 2.75) is 23.8 Å². The zero-order valence-electron chi connectivity index (χ0n) is 16.2. The molecule has 1 aliphatic carbocycles. The van der Waals surface area contributed by atoms with E-state index in [1.807, 2.05) is 18.2 Å². The number of fused-ring (bicyclic) bond motifs is 1. The molecule has 1 unspecified atom stereocenters. The van der Waals surface area contributed by atoms with Crippen molar-refractivity contribution >= 4 is 15.9 Å². The molecule has 4 rings (SSSR count). The Morgan fingerprint density at radius 2 is 1.79 bits per heavy atom. The lowest BCUT2D eigenvalue weighted by Crippen LogP contribution is -2.40. The van der Waals surface area contributed by atoms with Gasteiger partial charge in [-0.3, -0.25) is 4.79 Å². The van der Waals surface area contributed by atoms with Gasteiger partial charge in [-0.2, -0.15) is 4.31 Å². The van der Waals surface area contributed by atoms with Crippen LogP contribution in [0.5, 0.6) is 11.5 Å². The van der Waals surface area contributed by atoms with E-state index in [1.54, 1.807) is 18.2 Å². The highest BCUT2D eigenvalue weighted by Gasteiger charge is 2.35. The minimum Gasteiger partial charge on any atom is -0.486 e. The number of nitrogens with one attached hydrogen (secondary N) is 1. The molecular weight excluding hydrogens is 392 g/mol. The number of sulfonamides is 1. The van der Waals surface area contributed by atoms with E-state index in [-0.39, 0.29) is 23.4 Å². The van der Waals surface area contributed by atoms with Gasteiger partial charge in [-0.25, -0.2) is 8.42 Å². The summed E-state index contributed by atoms with van der Waals surface area (Å²) in [5, 5.41) is 3.02. The van der Waals surface area contributed by atoms with E-state index >= 15 is 0 Å². The van der Waals surface area contributed by atoms with Gasteiger partial charge in [0, 0.05) is 7.05 Å². The van der Waals surface area contributed by atoms with Gasteiger partial charge >= 0.3 is 0 Å². The molecule has 2 aromatic carbocycles. The Balaban J connectivity index is 1.46. The molecule has 1 amide bonds. The van der Waals surface area contributed by atoms with E-state index in [9.17, 15) is 13.2 Å². The molecule has 0 bridgehead atoms. The summed E-state index contributed by atoms with van der Waals surface area (Å²) >= 11 is 0. The Morgan fingerprint density at radius 1 is 1.10 bits per heavy atom. The van der Waals surface area contributed by atoms with Gasteiger partial charge in [-0.15, -0.1) is 0 Å². The van der Waals surface area contributed by atoms with Gasteiger partial charge in [-0.1, -0.05) is 24.3 Å². The predicted octanol–water partition coefficient (Wildman–Crippen LogP) is 2.35. The first-order valence-corrected chi connectivity index (χ1v) is 11.1. The summed E-state index contributed by atoms with van der Waals surface area (Å²) in [5.41, 5.74) is 0.943. The van der Waals surface area contributed by atoms with Gasteiger partial charge < -0.3 is 14.8 Å². The maximum atomic E-state index is 12.7. The number of benzene rings is 2. The fraction of sp³-hybridized carbons (Fsp3) is 0.381. The molecule has 1 saturated carbocycles. The Labute approximate surface area is 170 Å². The Kier molecular flexibility index (Phi) is 5.47. The number of rotatable bonds is 7. The molecule has 0 aromatic heterocycles. The summed E-state index contributed by atoms with van der Waals surface area (Å²) in [7, 11) is -2.30. The van der Waals surface area contributed by atoms with Gasteiger partial charge in [0.25, 0.3) is 0 Å². The molecular formula is C21H24N2O5S. The monoisotopic (exact) mass is 416 g/mol. The lowest BCUT2D eigenvalue weighted by molar-refractivity contribution is -0.122. The highest BCUT2D eigenvalue weighted by Crippen LogP contribution is 2.43. The highest BCUT2D eigenvalue weighted by molar-refractivity contribution is 7.89. The van der Waals surface area contributed by atoms with E-state index in [2.05, 4.69) is 5.32 Å². The van der Waals surface area contributed by atoms with Crippen molar-refractivity contribution in [3.8, 4) is 11.5 Å². The fourth-order valence-corrected chi connectivity index (χ4v) is 4.58. The number of ether oxygens (including phenoxy) is 2. The molecule has 2 aliphatic rings. The van der Waals surface area contributed by atoms with E-state index in [0.717, 1.165) is 22.7 Å². The first-order chi connectivity index (χ1) is 13.9. The Hall–Kier alpha value is -2.58. The summed E-state index contributed by atoms with van der Waals surface area (Å²) in [4.78, 5) is 12.8. The van der Waals surface area contributed by atoms with Crippen molar-refractivity contribution in [2.24, 2.45) is 5.92 Å². The quantitative estimate of drug-likeness (QED) is 0.749. The van der Waals surface area contributed by atoms with Crippen LogP contribution in [0.3, 0.4) is 0 Å². The number of hydrogen-bond acceptors (Lipinski definition) is 5. The molecule has 29 heavy (non-hydrogen) atoms. The standard InChI is InChI=1S/C21H24N2O5S/c1-23(29(25,26)17-5-3-2-4-6-17)14-20(24)22-21(15-7-8-15)16-9-10-18-19(13-16)28-12-11-27-18/h2-6,9-10,13,15,21H,7-8,11-12,14H2,1H3,(H,22,24). The van der Waals surface area contributed by atoms with Crippen molar-refractivity contribution in [2.75, 3.05) is 26.8 Å². The largest absolute Gasteiger partial charge is 0.486 e. The Bertz CT molecular complexity index is 989. The zero-order valence-corrected chi connectivity index (χ0v) is 17.0. The van der Waals surface area contributed by atoms with Gasteiger partial charge in [-0.05, 0) is 48.6 Å². The van der Waals surface area contributed by atoms with E-state index in [1.165, 1.54) is 19.2 Å². The number of carbonyl (C=O) groups excluding carboxylic acids is 1. The van der Waals surface area contributed by atoms with Crippen LogP contribution in [0.1, 0.15) is 24.4 Å². The summed E-state index contributed by atoms with van der Waals surface area (Å²) in [6.45, 7) is 0.779. The third-order valence-electron chi connectivity index (χ3n) is 5.15. The summed E-state index contributed by atoms with van der Waals surface area (Å²) in [6, 6.07) is 13.6. The van der Waals surface area contributed by atoms with Crippen LogP contribution in [0.2, 0.25) is 0 Å². The second-order valence-electron chi connectivity index (χ2n) is 7.36. The molecule has 1 aliphatic heterocycles. The topological polar surface area (TPSA) is 84.9 Å². The number of likely N-dealkylation sites (N-methyl/N-ethyl adjacent to an activating group) is 1. The minimum absolute atomic E-state index is 0.167. The second kappa shape index (κ2) is 8.04. The number of hydrogen-bond donors (Lipinski definition) is 1. The highest BCUT2D eigenvalue weighted by atomic mass is 32.2. The Morgan fingerprint density at radius 3 is 2.48 bits per heavy atom. The molecule has 1 fully saturated rings. The van der Waals surface area contributed by atoms with Crippen molar-refractivity contribution in [3.05, 3.63) is 54.1 Å². The van der Waals surface area contributed by atoms with Crippen LogP contribution >= 0.6 is 0 Å². The molecule has 1 N–H and O–H groups in total. The SMILES string of the molecule is CN(CC(=O)NC(c1ccc2c(c1)OCCO2)C1CC1)S(=O)(=O)c1ccccc1. The number of nitrogens with zero attached hydrogens (tertiary/aromatic N) is 1. The first kappa shape index (κ1) is 19.7. The molecule has 1 atom stereocenters. The smallest absolute Gasteiger partial charge is 0.243 e. The van der Waals surface area contributed by atoms with Crippen LogP contribution in [0.25, 0.3) is 0 Å². The third-order valence-corrected chi connectivity index (χ3v) is 6.97. The molecule has 7 nitrogen and oxygen atoms in total. The average Bonchev–Trinajstić information content (AvgIpc) is 3.57. The van der Waals surface area contributed by atoms with Crippen molar-refractivity contribution < 1.29 is 22.7 Å². The summed E-state index contributed by atoms with van der Waals surface area (Å²) in [6.07, 6.45) is 2.05. The lowest BCUT2D eigenvalue weighted by atomic mass is 10.0. The molecule has 154 valence electrons. The second-order valence-corrected chi connectivity index (χ2v) is 9.40.